The van der Waals surface area contributed by atoms with Gasteiger partial charge in [0, 0.05) is 110 Å². The number of hydrogen-bond acceptors (Lipinski definition) is 18. The molecule has 0 aliphatic carbocycles. The van der Waals surface area contributed by atoms with Gasteiger partial charge in [0.2, 0.25) is 0 Å². The molecule has 109 heavy (non-hydrogen) atoms. The number of aromatic hydroxyl groups is 1. The van der Waals surface area contributed by atoms with Crippen molar-refractivity contribution in [2.24, 2.45) is 0 Å². The largest absolute Gasteiger partial charge is 0.505 e. The first-order chi connectivity index (χ1) is 53.1. The number of fused-ring (bicyclic) bond motifs is 6. The molecule has 0 radical (unpaired) electrons. The lowest BCUT2D eigenvalue weighted by Crippen LogP contribution is -2.41. The number of ether oxygens (including phenoxy) is 9. The van der Waals surface area contributed by atoms with Crippen LogP contribution in [0.4, 0.5) is 13.2 Å². The smallest absolute Gasteiger partial charge is 0.258 e. The molecule has 8 aromatic carbocycles. The average Bonchev–Trinajstić information content (AvgIpc) is 1.68. The molecule has 562 valence electrons. The highest BCUT2D eigenvalue weighted by Crippen LogP contribution is 2.47. The Balaban J connectivity index is 0.000000138. The third-order valence-corrected chi connectivity index (χ3v) is 20.2. The maximum absolute atomic E-state index is 13.9. The Morgan fingerprint density at radius 1 is 0.413 bits per heavy atom. The van der Waals surface area contributed by atoms with E-state index in [2.05, 4.69) is 25.1 Å². The fourth-order valence-electron chi connectivity index (χ4n) is 14.5. The van der Waals surface area contributed by atoms with E-state index in [0.29, 0.717) is 146 Å². The summed E-state index contributed by atoms with van der Waals surface area (Å²) in [4.78, 5) is 61.9. The Labute approximate surface area is 628 Å². The third kappa shape index (κ3) is 16.5. The maximum Gasteiger partial charge on any atom is 0.258 e. The Bertz CT molecular complexity index is 5140. The monoisotopic (exact) mass is 1480 g/mol. The zero-order valence-corrected chi connectivity index (χ0v) is 61.3. The second kappa shape index (κ2) is 33.7. The van der Waals surface area contributed by atoms with Gasteiger partial charge in [-0.15, -0.1) is 0 Å². The van der Waals surface area contributed by atoms with Crippen LogP contribution in [0.2, 0.25) is 0 Å². The number of benzene rings is 8. The summed E-state index contributed by atoms with van der Waals surface area (Å²) in [6.45, 7) is 10.7. The van der Waals surface area contributed by atoms with Crippen molar-refractivity contribution in [2.75, 3.05) is 114 Å². The second-order valence-corrected chi connectivity index (χ2v) is 27.1. The van der Waals surface area contributed by atoms with Crippen LogP contribution in [-0.2, 0) is 61.6 Å². The molecule has 5 aliphatic heterocycles. The highest BCUT2D eigenvalue weighted by Gasteiger charge is 2.39. The Hall–Kier alpha value is -11.6. The van der Waals surface area contributed by atoms with E-state index in [1.165, 1.54) is 36.4 Å². The number of rotatable bonds is 23. The van der Waals surface area contributed by atoms with Gasteiger partial charge >= 0.3 is 0 Å². The van der Waals surface area contributed by atoms with Gasteiger partial charge in [0.25, 0.3) is 17.7 Å². The molecule has 5 aliphatic rings. The van der Waals surface area contributed by atoms with E-state index in [1.54, 1.807) is 95.4 Å². The number of phenols is 1. The van der Waals surface area contributed by atoms with Crippen LogP contribution >= 0.6 is 0 Å². The number of halogens is 3. The van der Waals surface area contributed by atoms with E-state index in [4.69, 9.17) is 47.6 Å². The number of methoxy groups -OCH3 is 5. The molecule has 3 amide bonds. The molecule has 21 nitrogen and oxygen atoms in total. The summed E-state index contributed by atoms with van der Waals surface area (Å²) in [5.41, 5.74) is 12.5. The third-order valence-electron chi connectivity index (χ3n) is 20.2. The average molecular weight is 1480 g/mol. The SMILES string of the molecule is COc1c2c(c(O)c3ncc(Cc4ccc(F)cc4)cc13)C(=O)N(CCN1CCOCC1)C2.COc1ccc(COc2c3c(c(OC)c4cc(Cc5ccc(F)cc5)cnc24)CN(CCN2CCOCC2)C3=O)cc1.COc1ccc(COc2c3c(c(OC)c4cc(Cc5ccc(F)cc5)cnc24)CNC3=O)cc1. The second-order valence-electron chi connectivity index (χ2n) is 27.1. The zero-order valence-electron chi connectivity index (χ0n) is 61.3. The number of nitrogens with one attached hydrogen (secondary N) is 1. The molecule has 0 bridgehead atoms. The number of amides is 3. The van der Waals surface area contributed by atoms with Crippen molar-refractivity contribution < 1.29 is 75.3 Å². The molecule has 24 heteroatoms. The predicted molar refractivity (Wildman–Crippen MR) is 404 cm³/mol. The van der Waals surface area contributed by atoms with Crippen LogP contribution in [0.1, 0.15) is 92.3 Å². The number of pyridine rings is 3. The summed E-state index contributed by atoms with van der Waals surface area (Å²) in [6.07, 6.45) is 6.94. The first kappa shape index (κ1) is 74.3. The van der Waals surface area contributed by atoms with Gasteiger partial charge in [0.05, 0.1) is 91.8 Å². The first-order valence-corrected chi connectivity index (χ1v) is 36.1. The lowest BCUT2D eigenvalue weighted by molar-refractivity contribution is 0.0325. The minimum Gasteiger partial charge on any atom is -0.505 e. The Morgan fingerprint density at radius 2 is 0.771 bits per heavy atom. The van der Waals surface area contributed by atoms with Gasteiger partial charge < -0.3 is 62.9 Å². The van der Waals surface area contributed by atoms with Crippen molar-refractivity contribution in [3.63, 3.8) is 0 Å². The molecule has 0 saturated carbocycles. The van der Waals surface area contributed by atoms with Crippen LogP contribution in [0.3, 0.4) is 0 Å². The van der Waals surface area contributed by atoms with Crippen molar-refractivity contribution in [3.8, 4) is 46.0 Å². The molecule has 8 heterocycles. The number of carbonyl (C=O) groups excluding carboxylic acids is 3. The normalized spacial score (nSPS) is 14.7. The van der Waals surface area contributed by atoms with E-state index < -0.39 is 0 Å². The highest BCUT2D eigenvalue weighted by molar-refractivity contribution is 6.11. The van der Waals surface area contributed by atoms with Crippen molar-refractivity contribution in [1.29, 1.82) is 0 Å². The number of carbonyl (C=O) groups is 3. The molecule has 0 unspecified atom stereocenters. The summed E-state index contributed by atoms with van der Waals surface area (Å²) in [5.74, 6) is 2.80. The van der Waals surface area contributed by atoms with Gasteiger partial charge in [0.15, 0.2) is 17.2 Å². The maximum atomic E-state index is 13.9. The van der Waals surface area contributed by atoms with Crippen LogP contribution in [-0.4, -0.2) is 172 Å². The summed E-state index contributed by atoms with van der Waals surface area (Å²) in [5, 5.41) is 16.1. The topological polar surface area (TPSA) is 218 Å². The molecule has 2 saturated heterocycles. The zero-order chi connectivity index (χ0) is 75.7. The van der Waals surface area contributed by atoms with Gasteiger partial charge in [-0.2, -0.15) is 0 Å². The number of hydrogen-bond donors (Lipinski definition) is 2. The first-order valence-electron chi connectivity index (χ1n) is 36.1. The predicted octanol–water partition coefficient (Wildman–Crippen LogP) is 12.6. The molecule has 16 rings (SSSR count). The molecule has 3 aromatic heterocycles. The van der Waals surface area contributed by atoms with Gasteiger partial charge in [-0.3, -0.25) is 39.1 Å². The summed E-state index contributed by atoms with van der Waals surface area (Å²) in [7, 11) is 8.03. The summed E-state index contributed by atoms with van der Waals surface area (Å²) < 4.78 is 91.4. The van der Waals surface area contributed by atoms with E-state index in [1.807, 2.05) is 71.6 Å². The minimum atomic E-state index is -0.277. The van der Waals surface area contributed by atoms with Crippen molar-refractivity contribution in [3.05, 3.63) is 253 Å². The number of phenolic OH excluding ortho intramolecular Hbond substituents is 1. The van der Waals surface area contributed by atoms with Crippen LogP contribution in [0.15, 0.2) is 158 Å². The molecule has 11 aromatic rings. The molecular formula is C85H83F3N8O13. The van der Waals surface area contributed by atoms with Gasteiger partial charge in [-0.1, -0.05) is 60.7 Å². The standard InChI is InChI=1S/C33H34FN3O5.C27H23FN2O4.C25H26FN3O4/c1-39-26-9-5-23(6-10-26)21-42-32-29-28(20-37(33(29)38)12-11-36-13-15-41-16-14-36)31(40-2)27-18-24(19-35-30(27)32)17-22-3-7-25(34)8-4-22;1-32-20-9-5-17(6-10-20)15-34-26-23-22(14-30-27(23)31)25(33-2)21-12-18(13-29-24(21)26)11-16-3-7-19(28)8-4-16;1-32-24-19-13-17(12-16-2-4-18(26)5-3-16)14-27-22(19)23(30)21-20(24)15-29(25(21)31)7-6-28-8-10-33-11-9-28/h3-10,18-19H,11-17,20-21H2,1-2H3;3-10,12-13H,11,14-15H2,1-2H3,(H,30,31);2-5,13-14,30H,6-12,15H2,1H3. The van der Waals surface area contributed by atoms with Crippen molar-refractivity contribution in [1.82, 2.24) is 39.9 Å². The molecule has 2 fully saturated rings. The van der Waals surface area contributed by atoms with E-state index >= 15 is 0 Å². The van der Waals surface area contributed by atoms with Crippen LogP contribution < -0.4 is 38.5 Å². The minimum absolute atomic E-state index is 0.0830. The van der Waals surface area contributed by atoms with Gasteiger partial charge in [0.1, 0.15) is 76.0 Å². The van der Waals surface area contributed by atoms with Crippen LogP contribution in [0, 0.1) is 17.5 Å². The van der Waals surface area contributed by atoms with Crippen molar-refractivity contribution in [2.45, 2.75) is 52.1 Å². The molecule has 2 N–H and O–H groups in total. The molecular weight excluding hydrogens is 1400 g/mol. The van der Waals surface area contributed by atoms with Crippen LogP contribution in [0.5, 0.6) is 46.0 Å². The Morgan fingerprint density at radius 3 is 1.17 bits per heavy atom. The van der Waals surface area contributed by atoms with E-state index in [-0.39, 0.29) is 59.7 Å². The lowest BCUT2D eigenvalue weighted by Gasteiger charge is -2.28. The summed E-state index contributed by atoms with van der Waals surface area (Å²) in [6, 6.07) is 40.3. The summed E-state index contributed by atoms with van der Waals surface area (Å²) >= 11 is 0. The lowest BCUT2D eigenvalue weighted by atomic mass is 9.99. The van der Waals surface area contributed by atoms with E-state index in [0.717, 1.165) is 117 Å². The Kier molecular flexibility index (Phi) is 23.0. The molecule has 0 spiro atoms. The fourth-order valence-corrected chi connectivity index (χ4v) is 14.5. The number of morpholine rings is 2. The molecule has 0 atom stereocenters. The number of nitrogens with zero attached hydrogens (tertiary/aromatic N) is 7. The highest BCUT2D eigenvalue weighted by atomic mass is 19.1. The quantitative estimate of drug-likeness (QED) is 0.0608. The van der Waals surface area contributed by atoms with Gasteiger partial charge in [-0.05, 0) is 143 Å². The fraction of sp³-hybridized carbons (Fsp3) is 0.294. The number of aromatic nitrogens is 3. The van der Waals surface area contributed by atoms with Crippen LogP contribution in [0.25, 0.3) is 32.7 Å². The van der Waals surface area contributed by atoms with Crippen molar-refractivity contribution >= 4 is 50.4 Å². The van der Waals surface area contributed by atoms with Gasteiger partial charge in [-0.25, -0.2) is 13.2 Å². The van der Waals surface area contributed by atoms with E-state index in [9.17, 15) is 32.7 Å².